The summed E-state index contributed by atoms with van der Waals surface area (Å²) < 4.78 is 0. The summed E-state index contributed by atoms with van der Waals surface area (Å²) in [7, 11) is 0. The molecule has 2 aromatic carbocycles. The topological polar surface area (TPSA) is 84.3 Å². The molecule has 6 nitrogen and oxygen atoms in total. The Morgan fingerprint density at radius 3 is 2.31 bits per heavy atom. The van der Waals surface area contributed by atoms with Gasteiger partial charge >= 0.3 is 0 Å². The molecule has 2 aromatic rings. The maximum atomic E-state index is 12.3. The first-order valence-electron chi connectivity index (χ1n) is 8.63. The van der Waals surface area contributed by atoms with Crippen LogP contribution in [0, 0.1) is 29.9 Å². The van der Waals surface area contributed by atoms with Crippen molar-refractivity contribution in [2.24, 2.45) is 5.92 Å². The van der Waals surface area contributed by atoms with E-state index in [4.69, 9.17) is 0 Å². The van der Waals surface area contributed by atoms with Gasteiger partial charge in [0, 0.05) is 12.1 Å². The van der Waals surface area contributed by atoms with E-state index < -0.39 is 4.92 Å². The van der Waals surface area contributed by atoms with Gasteiger partial charge in [-0.25, -0.2) is 0 Å². The van der Waals surface area contributed by atoms with E-state index in [1.165, 1.54) is 6.07 Å². The monoisotopic (exact) mass is 355 g/mol. The van der Waals surface area contributed by atoms with E-state index in [1.807, 2.05) is 44.2 Å². The van der Waals surface area contributed by atoms with Crippen molar-refractivity contribution in [3.63, 3.8) is 0 Å². The van der Waals surface area contributed by atoms with Gasteiger partial charge in [-0.15, -0.1) is 0 Å². The highest BCUT2D eigenvalue weighted by atomic mass is 16.6. The second kappa shape index (κ2) is 8.58. The molecule has 0 fully saturated rings. The molecule has 0 radical (unpaired) electrons. The van der Waals surface area contributed by atoms with Gasteiger partial charge in [0.25, 0.3) is 5.69 Å². The minimum Gasteiger partial charge on any atom is -0.319 e. The molecule has 0 aliphatic rings. The molecule has 6 heteroatoms. The van der Waals surface area contributed by atoms with Crippen LogP contribution < -0.4 is 10.6 Å². The van der Waals surface area contributed by atoms with Crippen LogP contribution >= 0.6 is 0 Å². The quantitative estimate of drug-likeness (QED) is 0.577. The van der Waals surface area contributed by atoms with Crippen molar-refractivity contribution in [3.8, 4) is 0 Å². The van der Waals surface area contributed by atoms with Crippen LogP contribution in [0.2, 0.25) is 0 Å². The zero-order chi connectivity index (χ0) is 19.3. The number of hydrogen-bond acceptors (Lipinski definition) is 4. The first-order chi connectivity index (χ1) is 12.3. The highest BCUT2D eigenvalue weighted by Crippen LogP contribution is 2.28. The number of nitro benzene ring substituents is 1. The van der Waals surface area contributed by atoms with Gasteiger partial charge in [-0.1, -0.05) is 44.2 Å². The Morgan fingerprint density at radius 2 is 1.73 bits per heavy atom. The van der Waals surface area contributed by atoms with Crippen molar-refractivity contribution in [1.82, 2.24) is 5.32 Å². The van der Waals surface area contributed by atoms with Crippen molar-refractivity contribution in [2.45, 2.75) is 33.7 Å². The molecule has 0 bridgehead atoms. The van der Waals surface area contributed by atoms with E-state index in [1.54, 1.807) is 6.07 Å². The predicted octanol–water partition coefficient (Wildman–Crippen LogP) is 4.14. The molecule has 0 aliphatic carbocycles. The van der Waals surface area contributed by atoms with Gasteiger partial charge in [0.1, 0.15) is 5.69 Å². The second-order valence-corrected chi connectivity index (χ2v) is 6.77. The Balaban J connectivity index is 2.09. The molecule has 1 amide bonds. The summed E-state index contributed by atoms with van der Waals surface area (Å²) in [5.41, 5.74) is 2.95. The van der Waals surface area contributed by atoms with Crippen LogP contribution in [0.25, 0.3) is 0 Å². The predicted molar refractivity (Wildman–Crippen MR) is 103 cm³/mol. The van der Waals surface area contributed by atoms with Crippen molar-refractivity contribution in [2.75, 3.05) is 11.9 Å². The Hall–Kier alpha value is -2.73. The number of anilines is 1. The Bertz CT molecular complexity index is 788. The molecule has 2 rings (SSSR count). The first-order valence-corrected chi connectivity index (χ1v) is 8.63. The number of rotatable bonds is 7. The van der Waals surface area contributed by atoms with Crippen LogP contribution in [-0.4, -0.2) is 17.4 Å². The number of carbonyl (C=O) groups is 1. The normalized spacial score (nSPS) is 12.0. The van der Waals surface area contributed by atoms with Gasteiger partial charge in [-0.05, 0) is 42.5 Å². The molecule has 0 heterocycles. The maximum Gasteiger partial charge on any atom is 0.293 e. The van der Waals surface area contributed by atoms with E-state index in [0.29, 0.717) is 5.92 Å². The lowest BCUT2D eigenvalue weighted by Crippen LogP contribution is -2.33. The van der Waals surface area contributed by atoms with Gasteiger partial charge in [0.05, 0.1) is 11.5 Å². The lowest BCUT2D eigenvalue weighted by Gasteiger charge is -2.22. The van der Waals surface area contributed by atoms with E-state index in [9.17, 15) is 14.9 Å². The molecule has 0 aromatic heterocycles. The molecular weight excluding hydrogens is 330 g/mol. The van der Waals surface area contributed by atoms with E-state index in [-0.39, 0.29) is 29.9 Å². The summed E-state index contributed by atoms with van der Waals surface area (Å²) in [6, 6.07) is 13.1. The SMILES string of the molecule is Cc1cc(NC(=O)CN[C@@H](c2ccccc2)C(C)C)c([N+](=O)[O-])cc1C. The summed E-state index contributed by atoms with van der Waals surface area (Å²) in [5, 5.41) is 17.2. The summed E-state index contributed by atoms with van der Waals surface area (Å²) in [6.07, 6.45) is 0. The smallest absolute Gasteiger partial charge is 0.293 e. The van der Waals surface area contributed by atoms with Crippen LogP contribution in [0.15, 0.2) is 42.5 Å². The Labute approximate surface area is 153 Å². The van der Waals surface area contributed by atoms with Crippen molar-refractivity contribution >= 4 is 17.3 Å². The number of hydrogen-bond donors (Lipinski definition) is 2. The molecule has 0 aliphatic heterocycles. The number of benzene rings is 2. The average molecular weight is 355 g/mol. The van der Waals surface area contributed by atoms with E-state index in [2.05, 4.69) is 24.5 Å². The van der Waals surface area contributed by atoms with Crippen LogP contribution in [0.4, 0.5) is 11.4 Å². The number of amides is 1. The zero-order valence-electron chi connectivity index (χ0n) is 15.6. The van der Waals surface area contributed by atoms with Crippen LogP contribution in [-0.2, 0) is 4.79 Å². The number of nitrogens with zero attached hydrogens (tertiary/aromatic N) is 1. The molecule has 2 N–H and O–H groups in total. The van der Waals surface area contributed by atoms with Crippen LogP contribution in [0.1, 0.15) is 36.6 Å². The number of aryl methyl sites for hydroxylation is 2. The zero-order valence-corrected chi connectivity index (χ0v) is 15.6. The highest BCUT2D eigenvalue weighted by Gasteiger charge is 2.19. The fourth-order valence-electron chi connectivity index (χ4n) is 2.85. The van der Waals surface area contributed by atoms with Gasteiger partial charge < -0.3 is 10.6 Å². The molecule has 0 spiro atoms. The van der Waals surface area contributed by atoms with Crippen molar-refractivity contribution in [1.29, 1.82) is 0 Å². The minimum atomic E-state index is -0.476. The summed E-state index contributed by atoms with van der Waals surface area (Å²) >= 11 is 0. The van der Waals surface area contributed by atoms with E-state index >= 15 is 0 Å². The second-order valence-electron chi connectivity index (χ2n) is 6.77. The number of nitrogens with one attached hydrogen (secondary N) is 2. The van der Waals surface area contributed by atoms with Crippen LogP contribution in [0.5, 0.6) is 0 Å². The third kappa shape index (κ3) is 4.89. The third-order valence-electron chi connectivity index (χ3n) is 4.39. The Kier molecular flexibility index (Phi) is 6.46. The summed E-state index contributed by atoms with van der Waals surface area (Å²) in [5.74, 6) is -0.0147. The molecule has 1 atom stereocenters. The van der Waals surface area contributed by atoms with Gasteiger partial charge in [0.15, 0.2) is 0 Å². The standard InChI is InChI=1S/C20H25N3O3/c1-13(2)20(16-8-6-5-7-9-16)21-12-19(24)22-17-10-14(3)15(4)11-18(17)23(25)26/h5-11,13,20-21H,12H2,1-4H3,(H,22,24)/t20-/m1/s1. The van der Waals surface area contributed by atoms with E-state index in [0.717, 1.165) is 16.7 Å². The summed E-state index contributed by atoms with van der Waals surface area (Å²) in [6.45, 7) is 7.90. The molecule has 0 unspecified atom stereocenters. The van der Waals surface area contributed by atoms with Crippen molar-refractivity contribution < 1.29 is 9.72 Å². The fourth-order valence-corrected chi connectivity index (χ4v) is 2.85. The molecular formula is C20H25N3O3. The fraction of sp³-hybridized carbons (Fsp3) is 0.350. The van der Waals surface area contributed by atoms with Gasteiger partial charge in [-0.2, -0.15) is 0 Å². The number of nitro groups is 1. The minimum absolute atomic E-state index is 0.0247. The molecule has 138 valence electrons. The maximum absolute atomic E-state index is 12.3. The molecule has 0 saturated carbocycles. The van der Waals surface area contributed by atoms with Gasteiger partial charge in [-0.3, -0.25) is 14.9 Å². The van der Waals surface area contributed by atoms with Crippen molar-refractivity contribution in [3.05, 3.63) is 69.3 Å². The van der Waals surface area contributed by atoms with Gasteiger partial charge in [0.2, 0.25) is 5.91 Å². The summed E-state index contributed by atoms with van der Waals surface area (Å²) in [4.78, 5) is 23.1. The number of carbonyl (C=O) groups excluding carboxylic acids is 1. The molecule has 26 heavy (non-hydrogen) atoms. The highest BCUT2D eigenvalue weighted by molar-refractivity contribution is 5.94. The average Bonchev–Trinajstić information content (AvgIpc) is 2.58. The first kappa shape index (κ1) is 19.6. The molecule has 0 saturated heterocycles. The lowest BCUT2D eigenvalue weighted by atomic mass is 9.96. The van der Waals surface area contributed by atoms with Crippen LogP contribution in [0.3, 0.4) is 0 Å². The lowest BCUT2D eigenvalue weighted by molar-refractivity contribution is -0.384. The largest absolute Gasteiger partial charge is 0.319 e. The third-order valence-corrected chi connectivity index (χ3v) is 4.39. The Morgan fingerprint density at radius 1 is 1.12 bits per heavy atom.